The maximum atomic E-state index is 12.2. The number of ketones is 6. The van der Waals surface area contributed by atoms with E-state index < -0.39 is 18.4 Å². The summed E-state index contributed by atoms with van der Waals surface area (Å²) in [4.78, 5) is 75.1. The Kier molecular flexibility index (Phi) is 26.4. The average molecular weight is 855 g/mol. The topological polar surface area (TPSA) is 190 Å². The Morgan fingerprint density at radius 2 is 1.00 bits per heavy atom. The fourth-order valence-electron chi connectivity index (χ4n) is 5.72. The van der Waals surface area contributed by atoms with Gasteiger partial charge in [0.2, 0.25) is 0 Å². The van der Waals surface area contributed by atoms with Gasteiger partial charge in [0.1, 0.15) is 13.2 Å². The third-order valence-electron chi connectivity index (χ3n) is 8.48. The SMILES string of the molecule is CCCON.C[O-].O=C(CO)c1ccccc1.O=C(COCCCC1C(=O)c2ccccc2C1=O)c1ccccc1.O=C1c2ccccc2C(=O)C1CCCBr.[Na+]. The maximum Gasteiger partial charge on any atom is 1.00 e. The van der Waals surface area contributed by atoms with Crippen LogP contribution in [0.25, 0.3) is 0 Å². The second kappa shape index (κ2) is 29.4. The van der Waals surface area contributed by atoms with E-state index in [4.69, 9.17) is 14.9 Å². The summed E-state index contributed by atoms with van der Waals surface area (Å²) in [6.45, 7) is 2.62. The minimum Gasteiger partial charge on any atom is -0.857 e. The summed E-state index contributed by atoms with van der Waals surface area (Å²) in [7, 11) is 0.750. The van der Waals surface area contributed by atoms with Gasteiger partial charge >= 0.3 is 29.6 Å². The van der Waals surface area contributed by atoms with Gasteiger partial charge in [-0.3, -0.25) is 28.8 Å². The summed E-state index contributed by atoms with van der Waals surface area (Å²) in [5.74, 6) is 3.09. The Balaban J connectivity index is 0.000000421. The summed E-state index contributed by atoms with van der Waals surface area (Å²) in [6, 6.07) is 31.7. The van der Waals surface area contributed by atoms with E-state index in [-0.39, 0.29) is 70.9 Å². The Morgan fingerprint density at radius 3 is 1.33 bits per heavy atom. The molecule has 0 bridgehead atoms. The largest absolute Gasteiger partial charge is 1.00 e. The molecular weight excluding hydrogens is 805 g/mol. The number of aliphatic hydroxyl groups excluding tert-OH is 1. The van der Waals surface area contributed by atoms with Crippen LogP contribution in [0.15, 0.2) is 109 Å². The molecule has 4 aromatic rings. The number of halogens is 1. The average Bonchev–Trinajstić information content (AvgIpc) is 3.64. The Hall–Kier alpha value is -3.82. The van der Waals surface area contributed by atoms with Crippen LogP contribution in [0.2, 0.25) is 0 Å². The van der Waals surface area contributed by atoms with Crippen molar-refractivity contribution in [2.75, 3.05) is 38.9 Å². The first kappa shape index (κ1) is 51.2. The second-order valence-corrected chi connectivity index (χ2v) is 13.1. The third kappa shape index (κ3) is 16.2. The van der Waals surface area contributed by atoms with E-state index in [0.717, 1.165) is 25.3 Å². The first-order chi connectivity index (χ1) is 27.2. The number of fused-ring (bicyclic) bond motifs is 2. The van der Waals surface area contributed by atoms with E-state index >= 15 is 0 Å². The predicted octanol–water partition coefficient (Wildman–Crippen LogP) is 3.35. The van der Waals surface area contributed by atoms with Gasteiger partial charge in [-0.15, -0.1) is 0 Å². The fraction of sp³-hybridized carbons (Fsp3) is 0.318. The van der Waals surface area contributed by atoms with Crippen molar-refractivity contribution < 1.29 is 78.1 Å². The molecule has 11 nitrogen and oxygen atoms in total. The molecule has 0 aliphatic heterocycles. The standard InChI is InChI=1S/C20H18O4.C12H11BrO2.C8H8O2.C3H9NO.CH3O.Na/c21-18(14-7-2-1-3-8-14)13-24-12-6-11-17-19(22)15-9-4-5-10-16(15)20(17)23;13-7-3-6-10-11(14)8-4-1-2-5-9(8)12(10)15;9-6-8(10)7-4-2-1-3-5-7;1-2-3-5-4;1-2;/h1-5,7-10,17H,6,11-13H2;1-2,4-5,10H,3,6-7H2;1-5,9H,6H2;2-4H2,1H3;1H3;/q;;;;-1;+1. The van der Waals surface area contributed by atoms with E-state index in [9.17, 15) is 28.8 Å². The molecular formula is C44H49BrNNaO10. The molecule has 298 valence electrons. The first-order valence-corrected chi connectivity index (χ1v) is 19.3. The molecule has 0 unspecified atom stereocenters. The van der Waals surface area contributed by atoms with Crippen LogP contribution >= 0.6 is 15.9 Å². The zero-order valence-electron chi connectivity index (χ0n) is 32.7. The van der Waals surface area contributed by atoms with Gasteiger partial charge < -0.3 is 19.8 Å². The summed E-state index contributed by atoms with van der Waals surface area (Å²) in [6.07, 6.45) is 3.52. The number of nitrogens with two attached hydrogens (primary N) is 1. The number of ether oxygens (including phenoxy) is 1. The summed E-state index contributed by atoms with van der Waals surface area (Å²) >= 11 is 3.31. The van der Waals surface area contributed by atoms with Gasteiger partial charge in [-0.1, -0.05) is 132 Å². The van der Waals surface area contributed by atoms with Gasteiger partial charge in [0, 0.05) is 45.3 Å². The van der Waals surface area contributed by atoms with Gasteiger partial charge in [-0.05, 0) is 32.1 Å². The molecule has 2 aliphatic carbocycles. The van der Waals surface area contributed by atoms with Crippen LogP contribution in [0.4, 0.5) is 0 Å². The van der Waals surface area contributed by atoms with Crippen LogP contribution in [0, 0.1) is 11.8 Å². The Morgan fingerprint density at radius 1 is 0.632 bits per heavy atom. The minimum absolute atomic E-state index is 0. The van der Waals surface area contributed by atoms with Gasteiger partial charge in [-0.2, -0.15) is 7.11 Å². The molecule has 2 aliphatic rings. The minimum atomic E-state index is -0.601. The number of aliphatic hydroxyl groups is 1. The normalized spacial score (nSPS) is 12.5. The van der Waals surface area contributed by atoms with E-state index in [1.54, 1.807) is 84.9 Å². The monoisotopic (exact) mass is 853 g/mol. The molecule has 0 amide bonds. The van der Waals surface area contributed by atoms with Crippen molar-refractivity contribution in [2.24, 2.45) is 17.7 Å². The van der Waals surface area contributed by atoms with Gasteiger partial charge in [-0.25, -0.2) is 5.90 Å². The molecule has 3 N–H and O–H groups in total. The van der Waals surface area contributed by atoms with Crippen LogP contribution in [0.5, 0.6) is 0 Å². The van der Waals surface area contributed by atoms with Gasteiger partial charge in [0.05, 0.1) is 18.4 Å². The number of carbonyl (C=O) groups is 6. The van der Waals surface area contributed by atoms with Crippen LogP contribution < -0.4 is 40.6 Å². The molecule has 0 aromatic heterocycles. The van der Waals surface area contributed by atoms with E-state index in [1.807, 2.05) is 31.2 Å². The number of hydrogen-bond acceptors (Lipinski definition) is 11. The molecule has 6 rings (SSSR count). The van der Waals surface area contributed by atoms with E-state index in [2.05, 4.69) is 26.7 Å². The van der Waals surface area contributed by atoms with Crippen molar-refractivity contribution in [2.45, 2.75) is 39.0 Å². The van der Waals surface area contributed by atoms with E-state index in [1.165, 1.54) is 0 Å². The number of carbonyl (C=O) groups excluding carboxylic acids is 6. The molecule has 0 spiro atoms. The fourth-order valence-corrected chi connectivity index (χ4v) is 6.04. The molecule has 0 atom stereocenters. The Labute approximate surface area is 364 Å². The van der Waals surface area contributed by atoms with Crippen molar-refractivity contribution in [1.82, 2.24) is 0 Å². The van der Waals surface area contributed by atoms with Gasteiger partial charge in [0.15, 0.2) is 34.7 Å². The van der Waals surface area contributed by atoms with Crippen molar-refractivity contribution in [3.05, 3.63) is 143 Å². The number of benzene rings is 4. The number of Topliss-reactive ketones (excluding diaryl/α,β-unsaturated/α-hetero) is 6. The zero-order valence-corrected chi connectivity index (χ0v) is 36.3. The molecule has 13 heteroatoms. The summed E-state index contributed by atoms with van der Waals surface area (Å²) < 4.78 is 5.39. The maximum absolute atomic E-state index is 12.2. The van der Waals surface area contributed by atoms with Crippen LogP contribution in [-0.2, 0) is 9.57 Å². The van der Waals surface area contributed by atoms with Crippen molar-refractivity contribution in [1.29, 1.82) is 0 Å². The van der Waals surface area contributed by atoms with Crippen LogP contribution in [0.3, 0.4) is 0 Å². The summed E-state index contributed by atoms with van der Waals surface area (Å²) in [5.41, 5.74) is 3.42. The summed E-state index contributed by atoms with van der Waals surface area (Å²) in [5, 5.41) is 17.5. The smallest absolute Gasteiger partial charge is 0.857 e. The molecule has 0 heterocycles. The Bertz CT molecular complexity index is 1780. The third-order valence-corrected chi connectivity index (χ3v) is 9.04. The second-order valence-electron chi connectivity index (χ2n) is 12.3. The number of alkyl halides is 1. The molecule has 4 aromatic carbocycles. The number of rotatable bonds is 14. The molecule has 57 heavy (non-hydrogen) atoms. The first-order valence-electron chi connectivity index (χ1n) is 18.2. The predicted molar refractivity (Wildman–Crippen MR) is 215 cm³/mol. The van der Waals surface area contributed by atoms with Crippen molar-refractivity contribution >= 4 is 50.6 Å². The van der Waals surface area contributed by atoms with Gasteiger partial charge in [0.25, 0.3) is 0 Å². The van der Waals surface area contributed by atoms with Crippen molar-refractivity contribution in [3.63, 3.8) is 0 Å². The zero-order chi connectivity index (χ0) is 41.3. The van der Waals surface area contributed by atoms with Crippen LogP contribution in [-0.4, -0.2) is 78.7 Å². The molecule has 0 saturated carbocycles. The molecule has 0 radical (unpaired) electrons. The quantitative estimate of drug-likeness (QED) is 0.0473. The number of hydrogen-bond donors (Lipinski definition) is 2. The van der Waals surface area contributed by atoms with Crippen molar-refractivity contribution in [3.8, 4) is 0 Å². The van der Waals surface area contributed by atoms with Crippen LogP contribution in [0.1, 0.15) is 101 Å². The van der Waals surface area contributed by atoms with E-state index in [0.29, 0.717) is 65.9 Å². The molecule has 0 saturated heterocycles. The molecule has 0 fully saturated rings.